The van der Waals surface area contributed by atoms with Gasteiger partial charge in [-0.1, -0.05) is 11.6 Å². The zero-order chi connectivity index (χ0) is 19.3. The standard InChI is InChI=1S/C21H21ClN4O2.2ClH/c22-18-3-1-16(8-15(18)12-27)25-6-5-24-20(25)17-2-4-19-14-7-13(9-23-10-14)11-26(19)21(17)28;;/h1-6,8,13-14,23,27H,7,9-12H2;2*1H/t13-,14+;;/m0../s1. The van der Waals surface area contributed by atoms with Crippen LogP contribution in [0.3, 0.4) is 0 Å². The van der Waals surface area contributed by atoms with Gasteiger partial charge in [-0.05, 0) is 54.8 Å². The Kier molecular flexibility index (Phi) is 6.95. The van der Waals surface area contributed by atoms with Crippen LogP contribution >= 0.6 is 36.4 Å². The molecule has 0 unspecified atom stereocenters. The van der Waals surface area contributed by atoms with Gasteiger partial charge in [-0.15, -0.1) is 24.8 Å². The molecule has 160 valence electrons. The van der Waals surface area contributed by atoms with Crippen molar-refractivity contribution in [1.82, 2.24) is 19.4 Å². The summed E-state index contributed by atoms with van der Waals surface area (Å²) < 4.78 is 3.80. The predicted octanol–water partition coefficient (Wildman–Crippen LogP) is 3.40. The highest BCUT2D eigenvalue weighted by Crippen LogP contribution is 2.33. The SMILES string of the molecule is Cl.Cl.O=c1c(-c2nccn2-c2ccc(Cl)c(CO)c2)ccc2n1C[C@@H]1CNC[C@H]2C1. The van der Waals surface area contributed by atoms with Crippen LogP contribution in [0.5, 0.6) is 0 Å². The van der Waals surface area contributed by atoms with Crippen molar-refractivity contribution in [3.8, 4) is 17.1 Å². The van der Waals surface area contributed by atoms with Gasteiger partial charge in [-0.25, -0.2) is 4.98 Å². The van der Waals surface area contributed by atoms with Gasteiger partial charge in [0.25, 0.3) is 5.56 Å². The first-order valence-corrected chi connectivity index (χ1v) is 9.91. The smallest absolute Gasteiger partial charge is 0.261 e. The van der Waals surface area contributed by atoms with E-state index in [-0.39, 0.29) is 37.0 Å². The fraction of sp³-hybridized carbons (Fsp3) is 0.333. The number of imidazole rings is 1. The number of aliphatic hydroxyl groups is 1. The molecule has 0 radical (unpaired) electrons. The van der Waals surface area contributed by atoms with Crippen LogP contribution < -0.4 is 10.9 Å². The van der Waals surface area contributed by atoms with Crippen molar-refractivity contribution in [2.75, 3.05) is 13.1 Å². The summed E-state index contributed by atoms with van der Waals surface area (Å²) in [5, 5.41) is 13.5. The Hall–Kier alpha value is -1.83. The summed E-state index contributed by atoms with van der Waals surface area (Å²) >= 11 is 6.12. The second kappa shape index (κ2) is 9.12. The van der Waals surface area contributed by atoms with Gasteiger partial charge >= 0.3 is 0 Å². The second-order valence-corrected chi connectivity index (χ2v) is 8.01. The van der Waals surface area contributed by atoms with E-state index < -0.39 is 0 Å². The monoisotopic (exact) mass is 468 g/mol. The second-order valence-electron chi connectivity index (χ2n) is 7.60. The number of nitrogens with one attached hydrogen (secondary N) is 1. The predicted molar refractivity (Wildman–Crippen MR) is 122 cm³/mol. The normalized spacial score (nSPS) is 19.4. The summed E-state index contributed by atoms with van der Waals surface area (Å²) in [6.07, 6.45) is 4.65. The summed E-state index contributed by atoms with van der Waals surface area (Å²) in [7, 11) is 0. The van der Waals surface area contributed by atoms with Gasteiger partial charge in [0.05, 0.1) is 12.2 Å². The summed E-state index contributed by atoms with van der Waals surface area (Å²) in [5.74, 6) is 1.50. The number of fused-ring (bicyclic) bond motifs is 4. The van der Waals surface area contributed by atoms with Crippen molar-refractivity contribution >= 4 is 36.4 Å². The molecule has 2 bridgehead atoms. The topological polar surface area (TPSA) is 72.1 Å². The molecule has 1 saturated heterocycles. The van der Waals surface area contributed by atoms with Crippen molar-refractivity contribution in [2.24, 2.45) is 5.92 Å². The maximum absolute atomic E-state index is 13.3. The Morgan fingerprint density at radius 3 is 2.83 bits per heavy atom. The maximum atomic E-state index is 13.3. The van der Waals surface area contributed by atoms with E-state index in [1.54, 1.807) is 12.3 Å². The van der Waals surface area contributed by atoms with E-state index in [0.29, 0.717) is 33.8 Å². The first kappa shape index (κ1) is 22.8. The fourth-order valence-corrected chi connectivity index (χ4v) is 4.68. The summed E-state index contributed by atoms with van der Waals surface area (Å²) in [4.78, 5) is 17.8. The molecule has 2 atom stereocenters. The van der Waals surface area contributed by atoms with E-state index in [9.17, 15) is 9.90 Å². The highest BCUT2D eigenvalue weighted by molar-refractivity contribution is 6.31. The number of nitrogens with zero attached hydrogens (tertiary/aromatic N) is 3. The minimum atomic E-state index is -0.144. The molecule has 2 aliphatic heterocycles. The molecule has 0 aliphatic carbocycles. The Balaban J connectivity index is 0.00000128. The summed E-state index contributed by atoms with van der Waals surface area (Å²) in [6.45, 7) is 2.51. The van der Waals surface area contributed by atoms with Gasteiger partial charge in [0.1, 0.15) is 5.82 Å². The molecule has 3 aromatic rings. The van der Waals surface area contributed by atoms with Crippen LogP contribution in [-0.4, -0.2) is 32.3 Å². The molecule has 5 rings (SSSR count). The molecule has 9 heteroatoms. The van der Waals surface area contributed by atoms with E-state index in [1.807, 2.05) is 33.5 Å². The molecule has 6 nitrogen and oxygen atoms in total. The quantitative estimate of drug-likeness (QED) is 0.617. The number of pyridine rings is 1. The van der Waals surface area contributed by atoms with Crippen molar-refractivity contribution in [3.05, 3.63) is 69.4 Å². The molecule has 1 aromatic carbocycles. The molecule has 0 amide bonds. The van der Waals surface area contributed by atoms with Crippen molar-refractivity contribution in [1.29, 1.82) is 0 Å². The zero-order valence-electron chi connectivity index (χ0n) is 16.1. The number of piperidine rings is 1. The molecule has 30 heavy (non-hydrogen) atoms. The van der Waals surface area contributed by atoms with Crippen molar-refractivity contribution in [3.63, 3.8) is 0 Å². The average Bonchev–Trinajstić information content (AvgIpc) is 3.19. The maximum Gasteiger partial charge on any atom is 0.261 e. The third-order valence-corrected chi connectivity index (χ3v) is 6.24. The number of halogens is 3. The van der Waals surface area contributed by atoms with Gasteiger partial charge < -0.3 is 15.0 Å². The Morgan fingerprint density at radius 2 is 2.03 bits per heavy atom. The number of aliphatic hydroxyl groups excluding tert-OH is 1. The lowest BCUT2D eigenvalue weighted by Crippen LogP contribution is -2.45. The van der Waals surface area contributed by atoms with Crippen LogP contribution in [0.4, 0.5) is 0 Å². The van der Waals surface area contributed by atoms with Gasteiger partial charge in [0.2, 0.25) is 0 Å². The number of hydrogen-bond donors (Lipinski definition) is 2. The number of hydrogen-bond acceptors (Lipinski definition) is 4. The highest BCUT2D eigenvalue weighted by Gasteiger charge is 2.31. The first-order valence-electron chi connectivity index (χ1n) is 9.53. The van der Waals surface area contributed by atoms with Crippen molar-refractivity contribution < 1.29 is 5.11 Å². The largest absolute Gasteiger partial charge is 0.392 e. The number of benzene rings is 1. The Bertz CT molecular complexity index is 1110. The third-order valence-electron chi connectivity index (χ3n) is 5.87. The molecule has 0 saturated carbocycles. The molecule has 4 heterocycles. The molecule has 2 N–H and O–H groups in total. The lowest BCUT2D eigenvalue weighted by molar-refractivity contribution is 0.257. The molecular formula is C21H23Cl3N4O2. The number of rotatable bonds is 3. The Morgan fingerprint density at radius 1 is 1.20 bits per heavy atom. The van der Waals surface area contributed by atoms with Crippen LogP contribution in [-0.2, 0) is 13.2 Å². The van der Waals surface area contributed by atoms with Crippen LogP contribution in [0, 0.1) is 5.92 Å². The Labute approximate surface area is 191 Å². The van der Waals surface area contributed by atoms with Crippen LogP contribution in [0.2, 0.25) is 5.02 Å². The van der Waals surface area contributed by atoms with E-state index in [1.165, 1.54) is 0 Å². The van der Waals surface area contributed by atoms with Gasteiger partial charge in [0.15, 0.2) is 0 Å². The lowest BCUT2D eigenvalue weighted by Gasteiger charge is -2.37. The summed E-state index contributed by atoms with van der Waals surface area (Å²) in [6, 6.07) is 9.40. The average molecular weight is 470 g/mol. The molecule has 2 aliphatic rings. The van der Waals surface area contributed by atoms with Gasteiger partial charge in [0, 0.05) is 47.8 Å². The minimum absolute atomic E-state index is 0. The molecule has 1 fully saturated rings. The third kappa shape index (κ3) is 3.79. The lowest BCUT2D eigenvalue weighted by atomic mass is 9.84. The number of aromatic nitrogens is 3. The van der Waals surface area contributed by atoms with E-state index in [2.05, 4.69) is 16.4 Å². The minimum Gasteiger partial charge on any atom is -0.392 e. The highest BCUT2D eigenvalue weighted by atomic mass is 35.5. The van der Waals surface area contributed by atoms with Crippen molar-refractivity contribution in [2.45, 2.75) is 25.5 Å². The van der Waals surface area contributed by atoms with Crippen LogP contribution in [0.1, 0.15) is 23.6 Å². The molecule has 2 aromatic heterocycles. The van der Waals surface area contributed by atoms with Gasteiger partial charge in [-0.2, -0.15) is 0 Å². The van der Waals surface area contributed by atoms with Gasteiger partial charge in [-0.3, -0.25) is 9.36 Å². The zero-order valence-corrected chi connectivity index (χ0v) is 18.5. The van der Waals surface area contributed by atoms with Crippen LogP contribution in [0.15, 0.2) is 47.5 Å². The van der Waals surface area contributed by atoms with E-state index >= 15 is 0 Å². The van der Waals surface area contributed by atoms with E-state index in [4.69, 9.17) is 11.6 Å². The fourth-order valence-electron chi connectivity index (χ4n) is 4.50. The molecule has 0 spiro atoms. The van der Waals surface area contributed by atoms with Crippen LogP contribution in [0.25, 0.3) is 17.1 Å². The molecular weight excluding hydrogens is 447 g/mol. The summed E-state index contributed by atoms with van der Waals surface area (Å²) in [5.41, 5.74) is 3.16. The van der Waals surface area contributed by atoms with E-state index in [0.717, 1.165) is 37.4 Å². The first-order chi connectivity index (χ1) is 13.7.